The Bertz CT molecular complexity index is 1190. The Labute approximate surface area is 161 Å². The zero-order valence-electron chi connectivity index (χ0n) is 15.6. The largest absolute Gasteiger partial charge is 0.384 e. The number of methoxy groups -OCH3 is 1. The number of nitrogens with one attached hydrogen (secondary N) is 1. The predicted octanol–water partition coefficient (Wildman–Crippen LogP) is 4.22. The molecule has 0 unspecified atom stereocenters. The topological polar surface area (TPSA) is 59.9 Å². The van der Waals surface area contributed by atoms with Crippen molar-refractivity contribution >= 4 is 33.7 Å². The van der Waals surface area contributed by atoms with Gasteiger partial charge in [0, 0.05) is 23.8 Å². The van der Waals surface area contributed by atoms with Crippen LogP contribution < -0.4 is 5.56 Å². The van der Waals surface area contributed by atoms with E-state index in [1.54, 1.807) is 11.7 Å². The van der Waals surface area contributed by atoms with E-state index in [9.17, 15) is 4.79 Å². The SMILES string of the molecule is COCCSc1nc2c([nH]c3ccccc32)c(=O)n1-c1cccc(C)c1C. The van der Waals surface area contributed by atoms with Gasteiger partial charge in [0.25, 0.3) is 5.56 Å². The Morgan fingerprint density at radius 1 is 1.15 bits per heavy atom. The maximum atomic E-state index is 13.5. The second kappa shape index (κ2) is 7.21. The molecule has 0 aliphatic rings. The Hall–Kier alpha value is -2.57. The van der Waals surface area contributed by atoms with Gasteiger partial charge in [-0.2, -0.15) is 0 Å². The van der Waals surface area contributed by atoms with Crippen molar-refractivity contribution in [1.29, 1.82) is 0 Å². The van der Waals surface area contributed by atoms with Gasteiger partial charge in [0.15, 0.2) is 5.16 Å². The summed E-state index contributed by atoms with van der Waals surface area (Å²) in [6, 6.07) is 13.9. The summed E-state index contributed by atoms with van der Waals surface area (Å²) >= 11 is 1.53. The maximum Gasteiger partial charge on any atom is 0.283 e. The van der Waals surface area contributed by atoms with Crippen molar-refractivity contribution in [2.75, 3.05) is 19.5 Å². The molecule has 0 aliphatic heterocycles. The Morgan fingerprint density at radius 3 is 2.78 bits per heavy atom. The van der Waals surface area contributed by atoms with E-state index < -0.39 is 0 Å². The molecule has 0 amide bonds. The van der Waals surface area contributed by atoms with E-state index in [0.29, 0.717) is 17.3 Å². The molecule has 2 heterocycles. The molecule has 0 radical (unpaired) electrons. The monoisotopic (exact) mass is 379 g/mol. The fourth-order valence-corrected chi connectivity index (χ4v) is 4.14. The van der Waals surface area contributed by atoms with E-state index in [2.05, 4.69) is 18.0 Å². The van der Waals surface area contributed by atoms with Crippen molar-refractivity contribution in [1.82, 2.24) is 14.5 Å². The van der Waals surface area contributed by atoms with E-state index in [0.717, 1.165) is 39.0 Å². The minimum absolute atomic E-state index is 0.0789. The summed E-state index contributed by atoms with van der Waals surface area (Å²) in [6.45, 7) is 4.69. The lowest BCUT2D eigenvalue weighted by Gasteiger charge is -2.15. The number of H-pyrrole nitrogens is 1. The lowest BCUT2D eigenvalue weighted by molar-refractivity contribution is 0.218. The van der Waals surface area contributed by atoms with Gasteiger partial charge < -0.3 is 9.72 Å². The molecule has 0 spiro atoms. The van der Waals surface area contributed by atoms with Gasteiger partial charge in [-0.05, 0) is 37.1 Å². The molecular formula is C21H21N3O2S. The van der Waals surface area contributed by atoms with Crippen LogP contribution in [0.1, 0.15) is 11.1 Å². The molecule has 27 heavy (non-hydrogen) atoms. The number of ether oxygens (including phenoxy) is 1. The van der Waals surface area contributed by atoms with Crippen molar-refractivity contribution in [2.45, 2.75) is 19.0 Å². The maximum absolute atomic E-state index is 13.5. The van der Waals surface area contributed by atoms with Crippen LogP contribution in [0.15, 0.2) is 52.4 Å². The molecular weight excluding hydrogens is 358 g/mol. The zero-order chi connectivity index (χ0) is 19.0. The first-order valence-corrected chi connectivity index (χ1v) is 9.82. The van der Waals surface area contributed by atoms with Crippen LogP contribution in [0.5, 0.6) is 0 Å². The summed E-state index contributed by atoms with van der Waals surface area (Å²) in [7, 11) is 1.68. The third kappa shape index (κ3) is 3.05. The molecule has 1 N–H and O–H groups in total. The Balaban J connectivity index is 2.04. The molecule has 0 bridgehead atoms. The third-order valence-electron chi connectivity index (χ3n) is 4.83. The smallest absolute Gasteiger partial charge is 0.283 e. The van der Waals surface area contributed by atoms with Gasteiger partial charge in [-0.25, -0.2) is 4.98 Å². The lowest BCUT2D eigenvalue weighted by Crippen LogP contribution is -2.23. The summed E-state index contributed by atoms with van der Waals surface area (Å²) in [5, 5.41) is 1.65. The number of aromatic amines is 1. The van der Waals surface area contributed by atoms with E-state index in [1.807, 2.05) is 43.3 Å². The molecule has 4 rings (SSSR count). The highest BCUT2D eigenvalue weighted by molar-refractivity contribution is 7.99. The fourth-order valence-electron chi connectivity index (χ4n) is 3.25. The van der Waals surface area contributed by atoms with Crippen molar-refractivity contribution in [3.05, 3.63) is 63.9 Å². The summed E-state index contributed by atoms with van der Waals surface area (Å²) in [4.78, 5) is 21.6. The van der Waals surface area contributed by atoms with Gasteiger partial charge in [0.05, 0.1) is 12.3 Å². The van der Waals surface area contributed by atoms with Gasteiger partial charge in [0.1, 0.15) is 11.0 Å². The highest BCUT2D eigenvalue weighted by atomic mass is 32.2. The van der Waals surface area contributed by atoms with Crippen LogP contribution in [0, 0.1) is 13.8 Å². The number of aryl methyl sites for hydroxylation is 1. The average Bonchev–Trinajstić information content (AvgIpc) is 3.04. The zero-order valence-corrected chi connectivity index (χ0v) is 16.4. The van der Waals surface area contributed by atoms with E-state index in [4.69, 9.17) is 9.72 Å². The minimum Gasteiger partial charge on any atom is -0.384 e. The standard InChI is InChI=1S/C21H21N3O2S/c1-13-7-6-10-17(14(13)2)24-20(25)19-18(23-21(24)27-12-11-26-3)15-8-4-5-9-16(15)22-19/h4-10,22H,11-12H2,1-3H3. The molecule has 4 aromatic rings. The summed E-state index contributed by atoms with van der Waals surface area (Å²) in [6.07, 6.45) is 0. The van der Waals surface area contributed by atoms with E-state index in [1.165, 1.54) is 11.8 Å². The van der Waals surface area contributed by atoms with Crippen molar-refractivity contribution in [3.8, 4) is 5.69 Å². The van der Waals surface area contributed by atoms with E-state index >= 15 is 0 Å². The van der Waals surface area contributed by atoms with Crippen LogP contribution in [0.4, 0.5) is 0 Å². The number of aromatic nitrogens is 3. The van der Waals surface area contributed by atoms with Crippen LogP contribution in [-0.2, 0) is 4.74 Å². The summed E-state index contributed by atoms with van der Waals surface area (Å²) in [5.41, 5.74) is 5.18. The van der Waals surface area contributed by atoms with Gasteiger partial charge >= 0.3 is 0 Å². The van der Waals surface area contributed by atoms with Crippen molar-refractivity contribution < 1.29 is 4.74 Å². The molecule has 0 atom stereocenters. The number of benzene rings is 2. The third-order valence-corrected chi connectivity index (χ3v) is 5.73. The molecule has 5 nitrogen and oxygen atoms in total. The van der Waals surface area contributed by atoms with E-state index in [-0.39, 0.29) is 5.56 Å². The first kappa shape index (κ1) is 17.8. The number of thioether (sulfide) groups is 1. The molecule has 0 fully saturated rings. The fraction of sp³-hybridized carbons (Fsp3) is 0.238. The number of hydrogen-bond acceptors (Lipinski definition) is 4. The Morgan fingerprint density at radius 2 is 1.96 bits per heavy atom. The van der Waals surface area contributed by atoms with Crippen LogP contribution >= 0.6 is 11.8 Å². The van der Waals surface area contributed by atoms with Crippen LogP contribution in [0.3, 0.4) is 0 Å². The minimum atomic E-state index is -0.0789. The Kier molecular flexibility index (Phi) is 4.76. The number of nitrogens with zero attached hydrogens (tertiary/aromatic N) is 2. The average molecular weight is 379 g/mol. The second-order valence-electron chi connectivity index (χ2n) is 6.49. The quantitative estimate of drug-likeness (QED) is 0.320. The molecule has 0 saturated carbocycles. The van der Waals surface area contributed by atoms with Gasteiger partial charge in [-0.1, -0.05) is 42.1 Å². The molecule has 0 saturated heterocycles. The first-order chi connectivity index (χ1) is 13.1. The summed E-state index contributed by atoms with van der Waals surface area (Å²) < 4.78 is 6.91. The normalized spacial score (nSPS) is 11.5. The second-order valence-corrected chi connectivity index (χ2v) is 7.55. The van der Waals surface area contributed by atoms with Crippen LogP contribution in [-0.4, -0.2) is 34.0 Å². The number of para-hydroxylation sites is 1. The summed E-state index contributed by atoms with van der Waals surface area (Å²) in [5.74, 6) is 0.724. The highest BCUT2D eigenvalue weighted by Crippen LogP contribution is 2.27. The molecule has 138 valence electrons. The number of rotatable bonds is 5. The highest BCUT2D eigenvalue weighted by Gasteiger charge is 2.18. The molecule has 6 heteroatoms. The van der Waals surface area contributed by atoms with Gasteiger partial charge in [0.2, 0.25) is 0 Å². The van der Waals surface area contributed by atoms with Gasteiger partial charge in [-0.3, -0.25) is 9.36 Å². The van der Waals surface area contributed by atoms with Gasteiger partial charge in [-0.15, -0.1) is 0 Å². The predicted molar refractivity (Wildman–Crippen MR) is 111 cm³/mol. The number of hydrogen-bond donors (Lipinski definition) is 1. The van der Waals surface area contributed by atoms with Crippen molar-refractivity contribution in [2.24, 2.45) is 0 Å². The molecule has 0 aliphatic carbocycles. The molecule has 2 aromatic carbocycles. The van der Waals surface area contributed by atoms with Crippen LogP contribution in [0.25, 0.3) is 27.6 Å². The first-order valence-electron chi connectivity index (χ1n) is 8.83. The van der Waals surface area contributed by atoms with Crippen molar-refractivity contribution in [3.63, 3.8) is 0 Å². The number of fused-ring (bicyclic) bond motifs is 3. The molecule has 2 aromatic heterocycles. The van der Waals surface area contributed by atoms with Crippen LogP contribution in [0.2, 0.25) is 0 Å². The lowest BCUT2D eigenvalue weighted by atomic mass is 10.1.